The lowest BCUT2D eigenvalue weighted by Gasteiger charge is -2.32. The van der Waals surface area contributed by atoms with Crippen LogP contribution in [0.4, 0.5) is 0 Å². The van der Waals surface area contributed by atoms with Crippen molar-refractivity contribution < 1.29 is 17.9 Å². The minimum atomic E-state index is -3.82. The van der Waals surface area contributed by atoms with E-state index in [2.05, 4.69) is 9.62 Å². The highest BCUT2D eigenvalue weighted by Gasteiger charge is 2.21. The van der Waals surface area contributed by atoms with Crippen LogP contribution in [-0.2, 0) is 14.8 Å². The predicted octanol–water partition coefficient (Wildman–Crippen LogP) is 4.43. The summed E-state index contributed by atoms with van der Waals surface area (Å²) in [6, 6.07) is 11.6. The van der Waals surface area contributed by atoms with Crippen molar-refractivity contribution in [3.05, 3.63) is 58.1 Å². The molecule has 1 amide bonds. The topological polar surface area (TPSA) is 75.7 Å². The summed E-state index contributed by atoms with van der Waals surface area (Å²) in [6.07, 6.45) is 2.59. The summed E-state index contributed by atoms with van der Waals surface area (Å²) >= 11 is 12.0. The van der Waals surface area contributed by atoms with Crippen molar-refractivity contribution >= 4 is 39.1 Å². The minimum absolute atomic E-state index is 0.0931. The molecular formula is C22H26Cl2N2O4S. The Balaban J connectivity index is 1.37. The first-order valence-electron chi connectivity index (χ1n) is 10.2. The number of nitrogens with zero attached hydrogens (tertiary/aromatic N) is 1. The van der Waals surface area contributed by atoms with Crippen LogP contribution in [0.5, 0.6) is 5.75 Å². The highest BCUT2D eigenvalue weighted by atomic mass is 35.5. The lowest BCUT2D eigenvalue weighted by molar-refractivity contribution is -0.119. The van der Waals surface area contributed by atoms with Gasteiger partial charge >= 0.3 is 0 Å². The summed E-state index contributed by atoms with van der Waals surface area (Å²) in [5, 5.41) is 0.971. The number of aryl methyl sites for hydroxylation is 1. The molecule has 1 heterocycles. The first kappa shape index (κ1) is 23.9. The molecule has 0 aromatic heterocycles. The number of carbonyl (C=O) groups is 1. The van der Waals surface area contributed by atoms with E-state index in [4.69, 9.17) is 27.9 Å². The zero-order chi connectivity index (χ0) is 22.4. The van der Waals surface area contributed by atoms with Crippen molar-refractivity contribution in [2.24, 2.45) is 0 Å². The van der Waals surface area contributed by atoms with Crippen molar-refractivity contribution in [3.8, 4) is 5.75 Å². The van der Waals surface area contributed by atoms with E-state index in [1.54, 1.807) is 24.3 Å². The molecule has 168 valence electrons. The lowest BCUT2D eigenvalue weighted by atomic mass is 10.1. The number of rotatable bonds is 8. The van der Waals surface area contributed by atoms with Crippen LogP contribution in [0.3, 0.4) is 0 Å². The Morgan fingerprint density at radius 2 is 1.77 bits per heavy atom. The standard InChI is InChI=1S/C22H26Cl2N2O4S/c1-16-4-7-19(8-5-16)31(28,29)25-22(27)3-2-12-26-13-10-17(11-14-26)30-18-6-9-20(23)21(24)15-18/h4-9,15,17H,2-3,10-14H2,1H3,(H,25,27). The molecule has 0 atom stereocenters. The zero-order valence-electron chi connectivity index (χ0n) is 17.3. The highest BCUT2D eigenvalue weighted by Crippen LogP contribution is 2.28. The van der Waals surface area contributed by atoms with Crippen molar-refractivity contribution in [3.63, 3.8) is 0 Å². The van der Waals surface area contributed by atoms with Gasteiger partial charge in [-0.1, -0.05) is 40.9 Å². The number of likely N-dealkylation sites (tertiary alicyclic amines) is 1. The first-order valence-corrected chi connectivity index (χ1v) is 12.4. The maximum Gasteiger partial charge on any atom is 0.264 e. The molecule has 0 saturated carbocycles. The molecule has 1 N–H and O–H groups in total. The van der Waals surface area contributed by atoms with Crippen LogP contribution < -0.4 is 9.46 Å². The highest BCUT2D eigenvalue weighted by molar-refractivity contribution is 7.90. The van der Waals surface area contributed by atoms with Gasteiger partial charge in [-0.2, -0.15) is 0 Å². The summed E-state index contributed by atoms with van der Waals surface area (Å²) in [5.41, 5.74) is 0.955. The molecular weight excluding hydrogens is 459 g/mol. The van der Waals surface area contributed by atoms with Crippen molar-refractivity contribution in [2.45, 2.75) is 43.6 Å². The van der Waals surface area contributed by atoms with Gasteiger partial charge in [-0.25, -0.2) is 13.1 Å². The summed E-state index contributed by atoms with van der Waals surface area (Å²) in [6.45, 7) is 4.32. The van der Waals surface area contributed by atoms with Gasteiger partial charge in [0.25, 0.3) is 10.0 Å². The molecule has 3 rings (SSSR count). The van der Waals surface area contributed by atoms with E-state index in [9.17, 15) is 13.2 Å². The number of ether oxygens (including phenoxy) is 1. The third-order valence-electron chi connectivity index (χ3n) is 5.19. The fraction of sp³-hybridized carbons (Fsp3) is 0.409. The van der Waals surface area contributed by atoms with Gasteiger partial charge in [0.15, 0.2) is 0 Å². The Bertz CT molecular complexity index is 1000. The van der Waals surface area contributed by atoms with Gasteiger partial charge in [0, 0.05) is 25.6 Å². The molecule has 1 aliphatic rings. The number of nitrogens with one attached hydrogen (secondary N) is 1. The molecule has 1 fully saturated rings. The van der Waals surface area contributed by atoms with Crippen LogP contribution in [-0.4, -0.2) is 45.0 Å². The molecule has 6 nitrogen and oxygen atoms in total. The summed E-state index contributed by atoms with van der Waals surface area (Å²) in [4.78, 5) is 14.5. The van der Waals surface area contributed by atoms with Gasteiger partial charge < -0.3 is 9.64 Å². The van der Waals surface area contributed by atoms with Crippen molar-refractivity contribution in [1.82, 2.24) is 9.62 Å². The van der Waals surface area contributed by atoms with E-state index in [-0.39, 0.29) is 17.4 Å². The number of sulfonamides is 1. The van der Waals surface area contributed by atoms with E-state index >= 15 is 0 Å². The zero-order valence-corrected chi connectivity index (χ0v) is 19.6. The first-order chi connectivity index (χ1) is 14.7. The largest absolute Gasteiger partial charge is 0.490 e. The van der Waals surface area contributed by atoms with E-state index in [0.717, 1.165) is 38.0 Å². The fourth-order valence-corrected chi connectivity index (χ4v) is 4.74. The van der Waals surface area contributed by atoms with Crippen LogP contribution in [0.15, 0.2) is 47.4 Å². The molecule has 0 radical (unpaired) electrons. The monoisotopic (exact) mass is 484 g/mol. The molecule has 2 aromatic carbocycles. The van der Waals surface area contributed by atoms with E-state index < -0.39 is 15.9 Å². The maximum absolute atomic E-state index is 12.3. The van der Waals surface area contributed by atoms with Gasteiger partial charge in [-0.05, 0) is 57.0 Å². The van der Waals surface area contributed by atoms with Crippen molar-refractivity contribution in [2.75, 3.05) is 19.6 Å². The van der Waals surface area contributed by atoms with Crippen molar-refractivity contribution in [1.29, 1.82) is 0 Å². The normalized spacial score (nSPS) is 15.6. The third-order valence-corrected chi connectivity index (χ3v) is 7.31. The second kappa shape index (κ2) is 10.7. The molecule has 0 aliphatic carbocycles. The SMILES string of the molecule is Cc1ccc(S(=O)(=O)NC(=O)CCCN2CCC(Oc3ccc(Cl)c(Cl)c3)CC2)cc1. The Morgan fingerprint density at radius 3 is 2.42 bits per heavy atom. The number of hydrogen-bond donors (Lipinski definition) is 1. The third kappa shape index (κ3) is 7.10. The fourth-order valence-electron chi connectivity index (χ4n) is 3.43. The Labute approximate surface area is 193 Å². The number of hydrogen-bond acceptors (Lipinski definition) is 5. The quantitative estimate of drug-likeness (QED) is 0.599. The number of carbonyl (C=O) groups excluding carboxylic acids is 1. The average Bonchev–Trinajstić information content (AvgIpc) is 2.72. The summed E-state index contributed by atoms with van der Waals surface area (Å²) in [7, 11) is -3.82. The maximum atomic E-state index is 12.3. The van der Waals surface area contributed by atoms with Gasteiger partial charge in [-0.3, -0.25) is 4.79 Å². The van der Waals surface area contributed by atoms with Crippen LogP contribution in [0.25, 0.3) is 0 Å². The second-order valence-corrected chi connectivity index (χ2v) is 10.2. The van der Waals surface area contributed by atoms with Gasteiger partial charge in [-0.15, -0.1) is 0 Å². The predicted molar refractivity (Wildman–Crippen MR) is 122 cm³/mol. The molecule has 0 bridgehead atoms. The lowest BCUT2D eigenvalue weighted by Crippen LogP contribution is -2.39. The Kier molecular flexibility index (Phi) is 8.22. The Hall–Kier alpha value is -1.80. The molecule has 1 aliphatic heterocycles. The van der Waals surface area contributed by atoms with Gasteiger partial charge in [0.2, 0.25) is 5.91 Å². The van der Waals surface area contributed by atoms with E-state index in [1.165, 1.54) is 12.1 Å². The van der Waals surface area contributed by atoms with E-state index in [1.807, 2.05) is 13.0 Å². The number of halogens is 2. The minimum Gasteiger partial charge on any atom is -0.490 e. The average molecular weight is 485 g/mol. The molecule has 0 spiro atoms. The Morgan fingerprint density at radius 1 is 1.10 bits per heavy atom. The van der Waals surface area contributed by atoms with E-state index in [0.29, 0.717) is 22.2 Å². The molecule has 1 saturated heterocycles. The second-order valence-electron chi connectivity index (χ2n) is 7.68. The van der Waals surface area contributed by atoms with Crippen LogP contribution >= 0.6 is 23.2 Å². The molecule has 31 heavy (non-hydrogen) atoms. The summed E-state index contributed by atoms with van der Waals surface area (Å²) in [5.74, 6) is 0.220. The molecule has 9 heteroatoms. The van der Waals surface area contributed by atoms with Crippen LogP contribution in [0.2, 0.25) is 10.0 Å². The number of amides is 1. The molecule has 2 aromatic rings. The smallest absolute Gasteiger partial charge is 0.264 e. The summed E-state index contributed by atoms with van der Waals surface area (Å²) < 4.78 is 32.7. The van der Waals surface area contributed by atoms with Crippen LogP contribution in [0, 0.1) is 6.92 Å². The van der Waals surface area contributed by atoms with Gasteiger partial charge in [0.05, 0.1) is 14.9 Å². The van der Waals surface area contributed by atoms with Crippen LogP contribution in [0.1, 0.15) is 31.2 Å². The number of benzene rings is 2. The molecule has 0 unspecified atom stereocenters. The van der Waals surface area contributed by atoms with Gasteiger partial charge in [0.1, 0.15) is 11.9 Å². The number of piperidine rings is 1.